The molecule has 0 aliphatic heterocycles. The van der Waals surface area contributed by atoms with Crippen LogP contribution in [0.5, 0.6) is 0 Å². The van der Waals surface area contributed by atoms with Gasteiger partial charge in [0.05, 0.1) is 24.8 Å². The quantitative estimate of drug-likeness (QED) is 0.773. The molecule has 20 heavy (non-hydrogen) atoms. The molecule has 4 heteroatoms. The van der Waals surface area contributed by atoms with Crippen LogP contribution in [0, 0.1) is 0 Å². The summed E-state index contributed by atoms with van der Waals surface area (Å²) in [5, 5.41) is 1.13. The number of para-hydroxylation sites is 1. The first-order valence-electron chi connectivity index (χ1n) is 6.67. The second kappa shape index (κ2) is 5.53. The average molecular weight is 270 g/mol. The van der Waals surface area contributed by atoms with E-state index in [-0.39, 0.29) is 6.04 Å². The zero-order valence-corrected chi connectivity index (χ0v) is 11.5. The highest BCUT2D eigenvalue weighted by atomic mass is 16.3. The molecule has 0 radical (unpaired) electrons. The Balaban J connectivity index is 1.89. The fourth-order valence-electron chi connectivity index (χ4n) is 2.58. The maximum Gasteiger partial charge on any atom is 0.134 e. The third kappa shape index (κ3) is 2.35. The maximum absolute atomic E-state index is 5.98. The second-order valence-corrected chi connectivity index (χ2v) is 4.99. The Morgan fingerprint density at radius 2 is 2.05 bits per heavy atom. The van der Waals surface area contributed by atoms with Gasteiger partial charge in [-0.05, 0) is 19.2 Å². The van der Waals surface area contributed by atoms with Crippen molar-refractivity contribution >= 4 is 11.0 Å². The molecular formula is C16H18N2O2. The molecule has 1 aromatic carbocycles. The van der Waals surface area contributed by atoms with E-state index in [9.17, 15) is 0 Å². The average Bonchev–Trinajstić information content (AvgIpc) is 3.10. The molecule has 1 unspecified atom stereocenters. The molecule has 2 N–H and O–H groups in total. The lowest BCUT2D eigenvalue weighted by Gasteiger charge is -2.25. The normalized spacial score (nSPS) is 13.2. The van der Waals surface area contributed by atoms with Crippen LogP contribution in [0.25, 0.3) is 11.0 Å². The van der Waals surface area contributed by atoms with E-state index in [4.69, 9.17) is 14.6 Å². The minimum atomic E-state index is 0.119. The van der Waals surface area contributed by atoms with Gasteiger partial charge in [-0.25, -0.2) is 0 Å². The molecule has 2 aromatic heterocycles. The van der Waals surface area contributed by atoms with Crippen LogP contribution in [0.1, 0.15) is 17.2 Å². The monoisotopic (exact) mass is 270 g/mol. The van der Waals surface area contributed by atoms with Gasteiger partial charge in [0, 0.05) is 29.6 Å². The minimum Gasteiger partial charge on any atom is -0.472 e. The molecule has 4 nitrogen and oxygen atoms in total. The van der Waals surface area contributed by atoms with Crippen molar-refractivity contribution in [2.45, 2.75) is 12.6 Å². The molecule has 0 saturated heterocycles. The largest absolute Gasteiger partial charge is 0.472 e. The van der Waals surface area contributed by atoms with E-state index in [0.717, 1.165) is 28.6 Å². The summed E-state index contributed by atoms with van der Waals surface area (Å²) in [6, 6.07) is 10.1. The first kappa shape index (κ1) is 13.0. The smallest absolute Gasteiger partial charge is 0.134 e. The molecule has 0 aliphatic carbocycles. The topological polar surface area (TPSA) is 55.5 Å². The summed E-state index contributed by atoms with van der Waals surface area (Å²) >= 11 is 0. The third-order valence-electron chi connectivity index (χ3n) is 3.64. The summed E-state index contributed by atoms with van der Waals surface area (Å²) in [7, 11) is 2.06. The molecule has 0 spiro atoms. The zero-order chi connectivity index (χ0) is 13.9. The fraction of sp³-hybridized carbons (Fsp3) is 0.250. The number of fused-ring (bicyclic) bond motifs is 1. The van der Waals surface area contributed by atoms with E-state index in [1.165, 1.54) is 0 Å². The van der Waals surface area contributed by atoms with E-state index < -0.39 is 0 Å². The number of nitrogens with two attached hydrogens (primary N) is 1. The summed E-state index contributed by atoms with van der Waals surface area (Å²) < 4.78 is 10.7. The van der Waals surface area contributed by atoms with Crippen molar-refractivity contribution in [3.05, 3.63) is 60.2 Å². The van der Waals surface area contributed by atoms with Crippen molar-refractivity contribution in [3.63, 3.8) is 0 Å². The lowest BCUT2D eigenvalue weighted by molar-refractivity contribution is 0.241. The van der Waals surface area contributed by atoms with Crippen molar-refractivity contribution in [2.75, 3.05) is 13.6 Å². The van der Waals surface area contributed by atoms with Crippen LogP contribution in [0.4, 0.5) is 0 Å². The van der Waals surface area contributed by atoms with E-state index >= 15 is 0 Å². The molecular weight excluding hydrogens is 252 g/mol. The summed E-state index contributed by atoms with van der Waals surface area (Å²) in [6.07, 6.45) is 5.26. The van der Waals surface area contributed by atoms with Gasteiger partial charge in [0.1, 0.15) is 5.58 Å². The van der Waals surface area contributed by atoms with Gasteiger partial charge in [0.15, 0.2) is 0 Å². The molecule has 0 amide bonds. The van der Waals surface area contributed by atoms with Crippen molar-refractivity contribution in [1.29, 1.82) is 0 Å². The number of likely N-dealkylation sites (N-methyl/N-ethyl adjacent to an activating group) is 1. The van der Waals surface area contributed by atoms with Crippen LogP contribution >= 0.6 is 0 Å². The summed E-state index contributed by atoms with van der Waals surface area (Å²) in [4.78, 5) is 2.21. The van der Waals surface area contributed by atoms with Gasteiger partial charge >= 0.3 is 0 Å². The Bertz CT molecular complexity index is 673. The van der Waals surface area contributed by atoms with Gasteiger partial charge in [-0.1, -0.05) is 18.2 Å². The highest BCUT2D eigenvalue weighted by Gasteiger charge is 2.20. The van der Waals surface area contributed by atoms with Gasteiger partial charge in [0.25, 0.3) is 0 Å². The van der Waals surface area contributed by atoms with Gasteiger partial charge in [-0.2, -0.15) is 0 Å². The minimum absolute atomic E-state index is 0.119. The first-order chi connectivity index (χ1) is 9.79. The van der Waals surface area contributed by atoms with Crippen molar-refractivity contribution < 1.29 is 8.83 Å². The third-order valence-corrected chi connectivity index (χ3v) is 3.64. The molecule has 104 valence electrons. The van der Waals surface area contributed by atoms with Crippen LogP contribution in [0.15, 0.2) is 58.0 Å². The Morgan fingerprint density at radius 1 is 1.20 bits per heavy atom. The fourth-order valence-corrected chi connectivity index (χ4v) is 2.58. The number of benzene rings is 1. The summed E-state index contributed by atoms with van der Waals surface area (Å²) in [5.74, 6) is 0. The molecule has 0 saturated carbocycles. The molecule has 3 aromatic rings. The van der Waals surface area contributed by atoms with E-state index in [1.54, 1.807) is 12.5 Å². The van der Waals surface area contributed by atoms with Crippen molar-refractivity contribution in [1.82, 2.24) is 4.90 Å². The van der Waals surface area contributed by atoms with Crippen LogP contribution in [-0.4, -0.2) is 18.5 Å². The number of nitrogens with zero attached hydrogens (tertiary/aromatic N) is 1. The van der Waals surface area contributed by atoms with Crippen LogP contribution in [0.3, 0.4) is 0 Å². The maximum atomic E-state index is 5.98. The van der Waals surface area contributed by atoms with E-state index in [2.05, 4.69) is 18.0 Å². The number of furan rings is 2. The van der Waals surface area contributed by atoms with Crippen LogP contribution < -0.4 is 5.73 Å². The van der Waals surface area contributed by atoms with Crippen LogP contribution in [0.2, 0.25) is 0 Å². The van der Waals surface area contributed by atoms with Crippen LogP contribution in [-0.2, 0) is 6.54 Å². The zero-order valence-electron chi connectivity index (χ0n) is 11.5. The van der Waals surface area contributed by atoms with Gasteiger partial charge < -0.3 is 14.6 Å². The van der Waals surface area contributed by atoms with Crippen molar-refractivity contribution in [3.8, 4) is 0 Å². The molecule has 0 fully saturated rings. The first-order valence-corrected chi connectivity index (χ1v) is 6.67. The second-order valence-electron chi connectivity index (χ2n) is 4.99. The SMILES string of the molecule is CN(Cc1ccoc1)C(CN)c1coc2ccccc12. The Morgan fingerprint density at radius 3 is 2.80 bits per heavy atom. The lowest BCUT2D eigenvalue weighted by Crippen LogP contribution is -2.29. The Hall–Kier alpha value is -2.04. The Labute approximate surface area is 117 Å². The predicted molar refractivity (Wildman–Crippen MR) is 78.2 cm³/mol. The van der Waals surface area contributed by atoms with E-state index in [0.29, 0.717) is 6.54 Å². The molecule has 0 bridgehead atoms. The number of hydrogen-bond donors (Lipinski definition) is 1. The highest BCUT2D eigenvalue weighted by molar-refractivity contribution is 5.81. The molecule has 0 aliphatic rings. The predicted octanol–water partition coefficient (Wildman–Crippen LogP) is 3.16. The number of hydrogen-bond acceptors (Lipinski definition) is 4. The van der Waals surface area contributed by atoms with Gasteiger partial charge in [0.2, 0.25) is 0 Å². The summed E-state index contributed by atoms with van der Waals surface area (Å²) in [6.45, 7) is 1.33. The van der Waals surface area contributed by atoms with Gasteiger partial charge in [-0.15, -0.1) is 0 Å². The highest BCUT2D eigenvalue weighted by Crippen LogP contribution is 2.29. The van der Waals surface area contributed by atoms with E-state index in [1.807, 2.05) is 30.5 Å². The van der Waals surface area contributed by atoms with Gasteiger partial charge in [-0.3, -0.25) is 4.90 Å². The molecule has 2 heterocycles. The summed E-state index contributed by atoms with van der Waals surface area (Å²) in [5.41, 5.74) is 9.15. The lowest BCUT2D eigenvalue weighted by atomic mass is 10.0. The van der Waals surface area contributed by atoms with Crippen molar-refractivity contribution in [2.24, 2.45) is 5.73 Å². The Kier molecular flexibility index (Phi) is 3.58. The molecule has 1 atom stereocenters. The number of rotatable bonds is 5. The molecule has 3 rings (SSSR count). The standard InChI is InChI=1S/C16H18N2O2/c1-18(9-12-6-7-19-10-12)15(8-17)14-11-20-16-5-3-2-4-13(14)16/h2-7,10-11,15H,8-9,17H2,1H3.